The quantitative estimate of drug-likeness (QED) is 0.338. The average molecular weight is 442 g/mol. The summed E-state index contributed by atoms with van der Waals surface area (Å²) in [6, 6.07) is 10.4. The largest absolute Gasteiger partial charge is 0.353 e. The number of halogens is 1. The van der Waals surface area contributed by atoms with Crippen LogP contribution in [0.3, 0.4) is 0 Å². The zero-order valence-corrected chi connectivity index (χ0v) is 16.5. The number of aryl methyl sites for hydroxylation is 2. The number of thioether (sulfide) groups is 1. The second kappa shape index (κ2) is 6.72. The van der Waals surface area contributed by atoms with E-state index in [-0.39, 0.29) is 0 Å². The van der Waals surface area contributed by atoms with E-state index in [2.05, 4.69) is 67.2 Å². The number of benzene rings is 1. The summed E-state index contributed by atoms with van der Waals surface area (Å²) >= 11 is 4.10. The molecule has 0 amide bonds. The van der Waals surface area contributed by atoms with Crippen molar-refractivity contribution in [3.63, 3.8) is 0 Å². The van der Waals surface area contributed by atoms with Crippen molar-refractivity contribution in [3.05, 3.63) is 41.9 Å². The number of anilines is 2. The molecule has 3 rings (SSSR count). The molecule has 0 saturated carbocycles. The van der Waals surface area contributed by atoms with Crippen LogP contribution in [0, 0.1) is 13.8 Å². The summed E-state index contributed by atoms with van der Waals surface area (Å²) in [7, 11) is 0. The zero-order valence-electron chi connectivity index (χ0n) is 12.5. The number of nitrogens with zero attached hydrogens (tertiary/aromatic N) is 3. The Labute approximate surface area is 148 Å². The molecule has 3 aromatic rings. The molecule has 7 heteroatoms. The molecule has 0 saturated heterocycles. The van der Waals surface area contributed by atoms with Gasteiger partial charge in [0.25, 0.3) is 0 Å². The van der Waals surface area contributed by atoms with Gasteiger partial charge in [0.1, 0.15) is 11.3 Å². The fraction of sp³-hybridized carbons (Fsp3) is 0.200. The van der Waals surface area contributed by atoms with E-state index in [1.54, 1.807) is 11.8 Å². The Balaban J connectivity index is 2.14. The molecule has 0 aliphatic carbocycles. The van der Waals surface area contributed by atoms with E-state index in [4.69, 9.17) is 4.98 Å². The highest BCUT2D eigenvalue weighted by Gasteiger charge is 2.14. The van der Waals surface area contributed by atoms with E-state index in [1.165, 1.54) is 4.90 Å². The van der Waals surface area contributed by atoms with Crippen molar-refractivity contribution in [2.75, 3.05) is 11.6 Å². The van der Waals surface area contributed by atoms with Gasteiger partial charge < -0.3 is 5.32 Å². The van der Waals surface area contributed by atoms with Crippen LogP contribution in [0.2, 0.25) is 0 Å². The van der Waals surface area contributed by atoms with Crippen molar-refractivity contribution < 1.29 is 0 Å². The van der Waals surface area contributed by atoms with E-state index in [0.717, 1.165) is 34.1 Å². The van der Waals surface area contributed by atoms with Gasteiger partial charge in [-0.15, -0.1) is 11.8 Å². The van der Waals surface area contributed by atoms with Crippen LogP contribution in [-0.4, -0.2) is 20.6 Å². The molecule has 114 valence electrons. The molecule has 1 atom stereocenters. The number of pyridine rings is 1. The predicted octanol–water partition coefficient (Wildman–Crippen LogP) is 5.31. The fourth-order valence-corrected chi connectivity index (χ4v) is 5.07. The summed E-state index contributed by atoms with van der Waals surface area (Å²) in [5, 5.41) is 3.54. The summed E-state index contributed by atoms with van der Waals surface area (Å²) < 4.78 is 2.16. The first-order valence-electron chi connectivity index (χ1n) is 6.77. The van der Waals surface area contributed by atoms with Crippen LogP contribution >= 0.6 is 40.2 Å². The summed E-state index contributed by atoms with van der Waals surface area (Å²) in [5.74, 6) is 1.00. The Bertz CT molecular complexity index is 834. The van der Waals surface area contributed by atoms with Gasteiger partial charge in [0.05, 0.1) is 17.7 Å². The van der Waals surface area contributed by atoms with Gasteiger partial charge in [-0.2, -0.15) is 0 Å². The average Bonchev–Trinajstić information content (AvgIpc) is 2.83. The van der Waals surface area contributed by atoms with Crippen LogP contribution in [0.25, 0.3) is 11.2 Å². The number of imidazole rings is 1. The van der Waals surface area contributed by atoms with E-state index in [1.807, 2.05) is 19.9 Å². The third kappa shape index (κ3) is 2.96. The van der Waals surface area contributed by atoms with Crippen molar-refractivity contribution in [3.8, 4) is 0 Å². The van der Waals surface area contributed by atoms with Gasteiger partial charge in [0.15, 0.2) is 5.65 Å². The smallest absolute Gasteiger partial charge is 0.166 e. The Morgan fingerprint density at radius 2 is 1.95 bits per heavy atom. The van der Waals surface area contributed by atoms with Gasteiger partial charge in [0, 0.05) is 10.6 Å². The molecule has 0 aliphatic heterocycles. The molecular weight excluding hydrogens is 426 g/mol. The molecule has 0 fully saturated rings. The van der Waals surface area contributed by atoms with Crippen LogP contribution in [0.5, 0.6) is 0 Å². The number of hydrogen-bond donors (Lipinski definition) is 1. The number of hydrogen-bond acceptors (Lipinski definition) is 4. The second-order valence-corrected chi connectivity index (χ2v) is 7.80. The van der Waals surface area contributed by atoms with E-state index in [0.29, 0.717) is 6.37 Å². The van der Waals surface area contributed by atoms with Crippen LogP contribution in [0.4, 0.5) is 11.4 Å². The minimum atomic E-state index is 0.595. The molecule has 22 heavy (non-hydrogen) atoms. The van der Waals surface area contributed by atoms with Crippen molar-refractivity contribution in [1.29, 1.82) is 0 Å². The van der Waals surface area contributed by atoms with Crippen LogP contribution < -0.4 is 5.32 Å². The van der Waals surface area contributed by atoms with Gasteiger partial charge in [-0.1, -0.05) is 12.1 Å². The molecule has 0 bridgehead atoms. The number of rotatable bonds is 4. The second-order valence-electron chi connectivity index (χ2n) is 4.89. The highest BCUT2D eigenvalue weighted by atomic mass is 127. The van der Waals surface area contributed by atoms with Gasteiger partial charge in [-0.25, -0.2) is 9.97 Å². The van der Waals surface area contributed by atoms with Crippen molar-refractivity contribution in [2.45, 2.75) is 18.7 Å². The minimum absolute atomic E-state index is 0.595. The minimum Gasteiger partial charge on any atom is -0.353 e. The number of aromatic nitrogens is 3. The van der Waals surface area contributed by atoms with E-state index < -0.39 is 0 Å². The summed E-state index contributed by atoms with van der Waals surface area (Å²) in [5.41, 5.74) is 5.00. The molecule has 1 aromatic carbocycles. The van der Waals surface area contributed by atoms with Gasteiger partial charge in [-0.3, -0.25) is 4.34 Å². The van der Waals surface area contributed by atoms with E-state index >= 15 is 0 Å². The van der Waals surface area contributed by atoms with Gasteiger partial charge in [0.2, 0.25) is 0 Å². The third-order valence-electron chi connectivity index (χ3n) is 3.37. The van der Waals surface area contributed by atoms with Crippen molar-refractivity contribution in [1.82, 2.24) is 14.3 Å². The van der Waals surface area contributed by atoms with Crippen LogP contribution in [-0.2, 0) is 0 Å². The number of fused-ring (bicyclic) bond motifs is 1. The SMILES string of the molecule is CSc1ccccc1Nc1cc(C)nc2c1nc(C)n2PI. The Kier molecular flexibility index (Phi) is 4.90. The summed E-state index contributed by atoms with van der Waals surface area (Å²) in [6.07, 6.45) is 2.68. The Hall–Kier alpha value is -0.850. The molecule has 0 aliphatic rings. The first-order valence-corrected chi connectivity index (χ1v) is 12.1. The first-order chi connectivity index (χ1) is 10.6. The first kappa shape index (κ1) is 16.0. The lowest BCUT2D eigenvalue weighted by Gasteiger charge is -2.11. The number of para-hydroxylation sites is 1. The Morgan fingerprint density at radius 1 is 1.18 bits per heavy atom. The van der Waals surface area contributed by atoms with Gasteiger partial charge >= 0.3 is 0 Å². The van der Waals surface area contributed by atoms with Crippen molar-refractivity contribution in [2.24, 2.45) is 0 Å². The lowest BCUT2D eigenvalue weighted by atomic mass is 10.2. The van der Waals surface area contributed by atoms with E-state index in [9.17, 15) is 0 Å². The van der Waals surface area contributed by atoms with Gasteiger partial charge in [-0.05, 0) is 60.3 Å². The summed E-state index contributed by atoms with van der Waals surface area (Å²) in [4.78, 5) is 10.6. The summed E-state index contributed by atoms with van der Waals surface area (Å²) in [6.45, 7) is 4.05. The lowest BCUT2D eigenvalue weighted by molar-refractivity contribution is 1.10. The topological polar surface area (TPSA) is 42.7 Å². The Morgan fingerprint density at radius 3 is 2.68 bits per heavy atom. The molecular formula is C15H16IN4PS. The molecule has 0 radical (unpaired) electrons. The number of nitrogens with one attached hydrogen (secondary N) is 1. The standard InChI is InChI=1S/C15H16IN4PS/c1-9-8-12(19-11-6-4-5-7-13(11)22-3)14-15(17-9)20(21-16)10(2)18-14/h4-8,21H,1-3H3,(H,17,19). The molecule has 4 nitrogen and oxygen atoms in total. The maximum absolute atomic E-state index is 4.71. The predicted molar refractivity (Wildman–Crippen MR) is 106 cm³/mol. The lowest BCUT2D eigenvalue weighted by Crippen LogP contribution is -1.96. The van der Waals surface area contributed by atoms with Crippen LogP contribution in [0.1, 0.15) is 11.5 Å². The normalized spacial score (nSPS) is 11.6. The highest BCUT2D eigenvalue weighted by molar-refractivity contribution is 14.2. The maximum Gasteiger partial charge on any atom is 0.166 e. The maximum atomic E-state index is 4.71. The van der Waals surface area contributed by atoms with Crippen molar-refractivity contribution >= 4 is 62.7 Å². The molecule has 2 heterocycles. The highest BCUT2D eigenvalue weighted by Crippen LogP contribution is 2.35. The zero-order chi connectivity index (χ0) is 15.7. The third-order valence-corrected chi connectivity index (χ3v) is 6.32. The molecule has 0 spiro atoms. The monoisotopic (exact) mass is 442 g/mol. The molecule has 1 unspecified atom stereocenters. The molecule has 2 aromatic heterocycles. The molecule has 1 N–H and O–H groups in total. The fourth-order valence-electron chi connectivity index (χ4n) is 2.37. The van der Waals surface area contributed by atoms with Crippen LogP contribution in [0.15, 0.2) is 35.2 Å².